The van der Waals surface area contributed by atoms with E-state index in [2.05, 4.69) is 33.0 Å². The van der Waals surface area contributed by atoms with Gasteiger partial charge in [-0.3, -0.25) is 0 Å². The van der Waals surface area contributed by atoms with Crippen LogP contribution in [0, 0.1) is 0 Å². The molecule has 0 unspecified atom stereocenters. The van der Waals surface area contributed by atoms with Gasteiger partial charge in [0.05, 0.1) is 0 Å². The second kappa shape index (κ2) is 8.99. The van der Waals surface area contributed by atoms with Crippen LogP contribution in [0.2, 0.25) is 0 Å². The van der Waals surface area contributed by atoms with Crippen LogP contribution < -0.4 is 24.2 Å². The average Bonchev–Trinajstić information content (AvgIpc) is 1.56. The first-order valence-electron chi connectivity index (χ1n) is 4.21. The van der Waals surface area contributed by atoms with Crippen LogP contribution in [-0.4, -0.2) is 34.1 Å². The Hall–Kier alpha value is 1.90. The van der Waals surface area contributed by atoms with Gasteiger partial charge >= 0.3 is 41.9 Å². The monoisotopic (exact) mass is 244 g/mol. The van der Waals surface area contributed by atoms with Crippen LogP contribution in [0.5, 0.6) is 0 Å². The van der Waals surface area contributed by atoms with Crippen LogP contribution in [0.1, 0.15) is 47.0 Å². The van der Waals surface area contributed by atoms with Crippen molar-refractivity contribution in [3.8, 4) is 0 Å². The Balaban J connectivity index is -0.000000125. The molecule has 1 saturated heterocycles. The van der Waals surface area contributed by atoms with E-state index >= 15 is 0 Å². The van der Waals surface area contributed by atoms with Gasteiger partial charge in [-0.2, -0.15) is 0 Å². The predicted molar refractivity (Wildman–Crippen MR) is 65.4 cm³/mol. The minimum absolute atomic E-state index is 0. The van der Waals surface area contributed by atoms with Crippen molar-refractivity contribution in [3.05, 3.63) is 0 Å². The average molecular weight is 245 g/mol. The van der Waals surface area contributed by atoms with Crippen molar-refractivity contribution in [3.63, 3.8) is 0 Å². The van der Waals surface area contributed by atoms with E-state index in [1.165, 1.54) is 19.3 Å². The van der Waals surface area contributed by atoms with Crippen LogP contribution in [0.3, 0.4) is 0 Å². The maximum Gasteiger partial charge on any atom is 2.00 e. The number of nitrogens with one attached hydrogen (secondary N) is 1. The van der Waals surface area contributed by atoms with E-state index < -0.39 is 0 Å². The van der Waals surface area contributed by atoms with Gasteiger partial charge < -0.3 is 5.32 Å². The predicted octanol–water partition coefficient (Wildman–Crippen LogP) is -0.216. The molecule has 1 fully saturated rings. The van der Waals surface area contributed by atoms with E-state index in [9.17, 15) is 0 Å². The van der Waals surface area contributed by atoms with Crippen LogP contribution in [-0.2, 0) is 0 Å². The largest absolute Gasteiger partial charge is 2.00 e. The zero-order valence-electron chi connectivity index (χ0n) is 10.1. The number of rotatable bonds is 0. The Morgan fingerprint density at radius 1 is 0.857 bits per heavy atom. The maximum absolute atomic E-state index is 3.63. The smallest absolute Gasteiger partial charge is 0.307 e. The van der Waals surface area contributed by atoms with Crippen LogP contribution in [0.4, 0.5) is 0 Å². The first-order valence-corrected chi connectivity index (χ1v) is 4.21. The third kappa shape index (κ3) is 9.15. The van der Waals surface area contributed by atoms with E-state index in [1.54, 1.807) is 0 Å². The Morgan fingerprint density at radius 2 is 1.14 bits per heavy atom. The molecule has 1 nitrogen and oxygen atoms in total. The van der Waals surface area contributed by atoms with Crippen molar-refractivity contribution in [1.29, 1.82) is 0 Å². The molecule has 0 aliphatic carbocycles. The summed E-state index contributed by atoms with van der Waals surface area (Å²) in [6.45, 7) is 9.14. The molecule has 0 saturated carbocycles. The van der Waals surface area contributed by atoms with Crippen molar-refractivity contribution in [2.75, 3.05) is 0 Å². The summed E-state index contributed by atoms with van der Waals surface area (Å²) in [5, 5.41) is 3.63. The molecule has 1 aliphatic heterocycles. The summed E-state index contributed by atoms with van der Waals surface area (Å²) in [5.74, 6) is 0. The molecule has 14 heavy (non-hydrogen) atoms. The third-order valence-electron chi connectivity index (χ3n) is 2.28. The summed E-state index contributed by atoms with van der Waals surface area (Å²) in [6.07, 6.45) is 4.00. The molecule has 0 spiro atoms. The second-order valence-corrected chi connectivity index (χ2v) is 4.75. The van der Waals surface area contributed by atoms with Gasteiger partial charge in [-0.1, -0.05) is 0 Å². The van der Waals surface area contributed by atoms with Crippen molar-refractivity contribution in [2.45, 2.75) is 58.0 Å². The molecular weight excluding hydrogens is 224 g/mol. The van der Waals surface area contributed by atoms with Gasteiger partial charge in [0.25, 0.3) is 0 Å². The van der Waals surface area contributed by atoms with Gasteiger partial charge in [-0.15, -0.1) is 24.8 Å². The fourth-order valence-corrected chi connectivity index (χ4v) is 2.01. The van der Waals surface area contributed by atoms with E-state index in [-0.39, 0.29) is 66.7 Å². The SMILES string of the molecule is CC1(C)CCCC(C)(C)N1.Cl.Cl.[Li+].[Mg+2]. The van der Waals surface area contributed by atoms with Crippen molar-refractivity contribution in [2.24, 2.45) is 0 Å². The summed E-state index contributed by atoms with van der Waals surface area (Å²) in [7, 11) is 0. The van der Waals surface area contributed by atoms with E-state index in [0.29, 0.717) is 11.1 Å². The summed E-state index contributed by atoms with van der Waals surface area (Å²) in [6, 6.07) is 0. The first kappa shape index (κ1) is 24.9. The Labute approximate surface area is 129 Å². The Bertz CT molecular complexity index is 129. The number of hydrogen-bond donors (Lipinski definition) is 1. The van der Waals surface area contributed by atoms with Gasteiger partial charge in [0.2, 0.25) is 0 Å². The van der Waals surface area contributed by atoms with Crippen molar-refractivity contribution >= 4 is 47.9 Å². The molecule has 1 N–H and O–H groups in total. The van der Waals surface area contributed by atoms with Gasteiger partial charge in [-0.25, -0.2) is 0 Å². The summed E-state index contributed by atoms with van der Waals surface area (Å²) < 4.78 is 0. The zero-order valence-corrected chi connectivity index (χ0v) is 13.2. The van der Waals surface area contributed by atoms with Gasteiger partial charge in [0.1, 0.15) is 0 Å². The Morgan fingerprint density at radius 3 is 1.29 bits per heavy atom. The normalized spacial score (nSPS) is 21.4. The fraction of sp³-hybridized carbons (Fsp3) is 1.00. The molecule has 0 aromatic carbocycles. The molecule has 1 heterocycles. The van der Waals surface area contributed by atoms with Crippen molar-refractivity contribution < 1.29 is 18.9 Å². The summed E-state index contributed by atoms with van der Waals surface area (Å²) in [5.41, 5.74) is 0.726. The van der Waals surface area contributed by atoms with Crippen LogP contribution in [0.25, 0.3) is 0 Å². The molecule has 0 aromatic heterocycles. The van der Waals surface area contributed by atoms with Crippen LogP contribution in [0.15, 0.2) is 0 Å². The molecule has 0 atom stereocenters. The third-order valence-corrected chi connectivity index (χ3v) is 2.28. The van der Waals surface area contributed by atoms with Crippen molar-refractivity contribution in [1.82, 2.24) is 5.32 Å². The van der Waals surface area contributed by atoms with Gasteiger partial charge in [0.15, 0.2) is 0 Å². The molecule has 5 heteroatoms. The molecule has 0 amide bonds. The zero-order chi connectivity index (χ0) is 7.83. The maximum atomic E-state index is 3.63. The molecule has 0 radical (unpaired) electrons. The van der Waals surface area contributed by atoms with E-state index in [4.69, 9.17) is 0 Å². The Kier molecular flexibility index (Phi) is 16.0. The molecule has 1 aliphatic rings. The first-order chi connectivity index (χ1) is 4.41. The van der Waals surface area contributed by atoms with Gasteiger partial charge in [0, 0.05) is 11.1 Å². The minimum atomic E-state index is 0. The standard InChI is InChI=1S/C9H19N.2ClH.Li.Mg/c1-8(2)6-5-7-9(3,4)10-8;;;;/h10H,5-7H2,1-4H3;2*1H;;/q;;;+1;+2. The van der Waals surface area contributed by atoms with E-state index in [1.807, 2.05) is 0 Å². The molecule has 0 bridgehead atoms. The number of hydrogen-bond acceptors (Lipinski definition) is 1. The summed E-state index contributed by atoms with van der Waals surface area (Å²) in [4.78, 5) is 0. The van der Waals surface area contributed by atoms with Crippen LogP contribution >= 0.6 is 24.8 Å². The number of piperidine rings is 1. The second-order valence-electron chi connectivity index (χ2n) is 4.75. The van der Waals surface area contributed by atoms with Gasteiger partial charge in [-0.05, 0) is 47.0 Å². The molecular formula is C9H21Cl2LiMgN+3. The topological polar surface area (TPSA) is 12.0 Å². The molecule has 0 aromatic rings. The minimum Gasteiger partial charge on any atom is -0.307 e. The van der Waals surface area contributed by atoms with E-state index in [0.717, 1.165) is 0 Å². The molecule has 76 valence electrons. The summed E-state index contributed by atoms with van der Waals surface area (Å²) >= 11 is 0. The number of halogens is 2. The molecule has 1 rings (SSSR count). The quantitative estimate of drug-likeness (QED) is 0.582. The fourth-order valence-electron chi connectivity index (χ4n) is 2.01.